The number of hydrogen-bond acceptors (Lipinski definition) is 0. The first-order chi connectivity index (χ1) is 11.0. The van der Waals surface area contributed by atoms with Crippen LogP contribution in [0.5, 0.6) is 0 Å². The molecule has 0 nitrogen and oxygen atoms in total. The molecule has 0 spiro atoms. The Morgan fingerprint density at radius 2 is 0.826 bits per heavy atom. The zero-order valence-corrected chi connectivity index (χ0v) is 15.4. The maximum Gasteiger partial charge on any atom is 0.0435 e. The Bertz CT molecular complexity index is 609. The van der Waals surface area contributed by atoms with Gasteiger partial charge in [0.15, 0.2) is 0 Å². The summed E-state index contributed by atoms with van der Waals surface area (Å²) in [6.07, 6.45) is 0. The third-order valence-electron chi connectivity index (χ3n) is 2.89. The molecule has 3 heteroatoms. The fraction of sp³-hybridized carbons (Fsp3) is 0.100. The average molecular weight is 366 g/mol. The van der Waals surface area contributed by atoms with Crippen LogP contribution >= 0.6 is 34.8 Å². The minimum absolute atomic E-state index is 0.794. The van der Waals surface area contributed by atoms with E-state index >= 15 is 0 Å². The Morgan fingerprint density at radius 1 is 0.478 bits per heavy atom. The van der Waals surface area contributed by atoms with Gasteiger partial charge in [0.2, 0.25) is 0 Å². The zero-order chi connectivity index (χ0) is 17.1. The summed E-state index contributed by atoms with van der Waals surface area (Å²) in [7, 11) is 0. The Hall–Kier alpha value is -1.47. The predicted octanol–water partition coefficient (Wildman–Crippen LogP) is 7.64. The van der Waals surface area contributed by atoms with E-state index in [1.807, 2.05) is 92.7 Å². The topological polar surface area (TPSA) is 0 Å². The van der Waals surface area contributed by atoms with Gasteiger partial charge in [-0.1, -0.05) is 89.4 Å². The van der Waals surface area contributed by atoms with Crippen LogP contribution in [-0.4, -0.2) is 0 Å². The molecule has 0 aliphatic heterocycles. The molecule has 0 heterocycles. The van der Waals surface area contributed by atoms with Gasteiger partial charge in [0.25, 0.3) is 0 Å². The van der Waals surface area contributed by atoms with Gasteiger partial charge < -0.3 is 0 Å². The van der Waals surface area contributed by atoms with E-state index < -0.39 is 0 Å². The molecule has 0 fully saturated rings. The summed E-state index contributed by atoms with van der Waals surface area (Å²) >= 11 is 17.0. The van der Waals surface area contributed by atoms with Crippen LogP contribution in [0.25, 0.3) is 0 Å². The molecule has 3 aromatic rings. The van der Waals surface area contributed by atoms with Crippen molar-refractivity contribution in [1.82, 2.24) is 0 Å². The Labute approximate surface area is 153 Å². The Balaban J connectivity index is 0.000000173. The predicted molar refractivity (Wildman–Crippen MR) is 104 cm³/mol. The molecule has 0 amide bonds. The van der Waals surface area contributed by atoms with Gasteiger partial charge in [0.1, 0.15) is 0 Å². The van der Waals surface area contributed by atoms with Gasteiger partial charge in [-0.15, -0.1) is 0 Å². The molecule has 0 aromatic heterocycles. The van der Waals surface area contributed by atoms with E-state index in [2.05, 4.69) is 0 Å². The smallest absolute Gasteiger partial charge is 0.0435 e. The van der Waals surface area contributed by atoms with Crippen LogP contribution in [0.1, 0.15) is 11.1 Å². The van der Waals surface area contributed by atoms with Crippen molar-refractivity contribution in [3.63, 3.8) is 0 Å². The van der Waals surface area contributed by atoms with Gasteiger partial charge in [0, 0.05) is 15.1 Å². The van der Waals surface area contributed by atoms with E-state index in [9.17, 15) is 0 Å². The second kappa shape index (κ2) is 11.1. The van der Waals surface area contributed by atoms with Crippen molar-refractivity contribution in [2.75, 3.05) is 0 Å². The van der Waals surface area contributed by atoms with Crippen LogP contribution in [0.15, 0.2) is 78.9 Å². The van der Waals surface area contributed by atoms with Gasteiger partial charge in [-0.05, 0) is 49.2 Å². The molecule has 0 saturated carbocycles. The van der Waals surface area contributed by atoms with Gasteiger partial charge >= 0.3 is 0 Å². The SMILES string of the molecule is Cc1ccccc1Cl.Cc1ccccc1Cl.Clc1ccccc1. The minimum Gasteiger partial charge on any atom is -0.0843 e. The molecule has 0 aliphatic carbocycles. The molecule has 0 saturated heterocycles. The first-order valence-corrected chi connectivity index (χ1v) is 8.27. The van der Waals surface area contributed by atoms with Crippen molar-refractivity contribution < 1.29 is 0 Å². The van der Waals surface area contributed by atoms with Crippen LogP contribution in [-0.2, 0) is 0 Å². The summed E-state index contributed by atoms with van der Waals surface area (Å²) in [6, 6.07) is 25.0. The highest BCUT2D eigenvalue weighted by Gasteiger charge is 1.87. The van der Waals surface area contributed by atoms with Crippen LogP contribution in [0.3, 0.4) is 0 Å². The van der Waals surface area contributed by atoms with E-state index in [1.54, 1.807) is 0 Å². The highest BCUT2D eigenvalue weighted by atomic mass is 35.5. The summed E-state index contributed by atoms with van der Waals surface area (Å²) in [6.45, 7) is 3.98. The summed E-state index contributed by atoms with van der Waals surface area (Å²) in [5.74, 6) is 0. The molecule has 0 N–H and O–H groups in total. The molecule has 0 atom stereocenters. The van der Waals surface area contributed by atoms with Crippen LogP contribution in [0.4, 0.5) is 0 Å². The van der Waals surface area contributed by atoms with Crippen LogP contribution in [0, 0.1) is 13.8 Å². The average Bonchev–Trinajstić information content (AvgIpc) is 2.55. The van der Waals surface area contributed by atoms with E-state index in [-0.39, 0.29) is 0 Å². The first kappa shape index (κ1) is 19.6. The summed E-state index contributed by atoms with van der Waals surface area (Å²) in [5, 5.41) is 2.47. The molecule has 0 unspecified atom stereocenters. The molecule has 0 aliphatic rings. The lowest BCUT2D eigenvalue weighted by molar-refractivity contribution is 1.47. The number of rotatable bonds is 0. The maximum atomic E-state index is 5.71. The summed E-state index contributed by atoms with van der Waals surface area (Å²) < 4.78 is 0. The monoisotopic (exact) mass is 364 g/mol. The van der Waals surface area contributed by atoms with Crippen LogP contribution < -0.4 is 0 Å². The number of hydrogen-bond donors (Lipinski definition) is 0. The molecular weight excluding hydrogens is 347 g/mol. The van der Waals surface area contributed by atoms with Gasteiger partial charge in [-0.2, -0.15) is 0 Å². The molecule has 0 bridgehead atoms. The second-order valence-electron chi connectivity index (χ2n) is 4.79. The minimum atomic E-state index is 0.794. The zero-order valence-electron chi connectivity index (χ0n) is 13.1. The lowest BCUT2D eigenvalue weighted by Gasteiger charge is -1.90. The number of benzene rings is 3. The first-order valence-electron chi connectivity index (χ1n) is 7.13. The van der Waals surface area contributed by atoms with E-state index in [1.165, 1.54) is 0 Å². The highest BCUT2D eigenvalue weighted by Crippen LogP contribution is 2.12. The van der Waals surface area contributed by atoms with Crippen molar-refractivity contribution in [3.8, 4) is 0 Å². The normalized spacial score (nSPS) is 9.09. The summed E-state index contributed by atoms with van der Waals surface area (Å²) in [4.78, 5) is 0. The van der Waals surface area contributed by atoms with E-state index in [0.717, 1.165) is 26.2 Å². The maximum absolute atomic E-state index is 5.71. The van der Waals surface area contributed by atoms with Crippen molar-refractivity contribution >= 4 is 34.8 Å². The second-order valence-corrected chi connectivity index (χ2v) is 6.04. The van der Waals surface area contributed by atoms with Crippen molar-refractivity contribution in [2.24, 2.45) is 0 Å². The fourth-order valence-electron chi connectivity index (χ4n) is 1.52. The van der Waals surface area contributed by atoms with Crippen molar-refractivity contribution in [2.45, 2.75) is 13.8 Å². The molecule has 120 valence electrons. The lowest BCUT2D eigenvalue weighted by atomic mass is 10.2. The Kier molecular flexibility index (Phi) is 9.47. The van der Waals surface area contributed by atoms with Gasteiger partial charge in [-0.25, -0.2) is 0 Å². The molecule has 0 radical (unpaired) electrons. The third-order valence-corrected chi connectivity index (χ3v) is 3.99. The standard InChI is InChI=1S/2C7H7Cl.C6H5Cl/c2*1-6-4-2-3-5-7(6)8;7-6-4-2-1-3-5-6/h2*2-5H,1H3;1-5H. The lowest BCUT2D eigenvalue weighted by Crippen LogP contribution is -1.68. The van der Waals surface area contributed by atoms with E-state index in [0.29, 0.717) is 0 Å². The quantitative estimate of drug-likeness (QED) is 0.384. The van der Waals surface area contributed by atoms with Crippen molar-refractivity contribution in [1.29, 1.82) is 0 Å². The third kappa shape index (κ3) is 8.66. The molecular formula is C20H19Cl3. The van der Waals surface area contributed by atoms with Gasteiger partial charge in [-0.3, -0.25) is 0 Å². The van der Waals surface area contributed by atoms with Crippen molar-refractivity contribution in [3.05, 3.63) is 105 Å². The highest BCUT2D eigenvalue weighted by molar-refractivity contribution is 6.31. The summed E-state index contributed by atoms with van der Waals surface area (Å²) in [5.41, 5.74) is 2.27. The molecule has 3 rings (SSSR count). The molecule has 3 aromatic carbocycles. The Morgan fingerprint density at radius 3 is 1.04 bits per heavy atom. The fourth-order valence-corrected chi connectivity index (χ4v) is 1.93. The van der Waals surface area contributed by atoms with Gasteiger partial charge in [0.05, 0.1) is 0 Å². The molecule has 23 heavy (non-hydrogen) atoms. The van der Waals surface area contributed by atoms with E-state index in [4.69, 9.17) is 34.8 Å². The number of aryl methyl sites for hydroxylation is 2. The largest absolute Gasteiger partial charge is 0.0843 e. The number of halogens is 3. The van der Waals surface area contributed by atoms with Crippen LogP contribution in [0.2, 0.25) is 15.1 Å².